The summed E-state index contributed by atoms with van der Waals surface area (Å²) in [5, 5.41) is 5.64. The zero-order chi connectivity index (χ0) is 42.4. The fourth-order valence-corrected chi connectivity index (χ4v) is 11.7. The molecule has 0 heterocycles. The van der Waals surface area contributed by atoms with Gasteiger partial charge >= 0.3 is 41.1 Å². The van der Waals surface area contributed by atoms with E-state index in [1.807, 2.05) is 32.1 Å². The Balaban J connectivity index is 0.000000388. The van der Waals surface area contributed by atoms with Crippen molar-refractivity contribution in [2.45, 2.75) is 52.0 Å². The summed E-state index contributed by atoms with van der Waals surface area (Å²) in [6, 6.07) is 44.5. The van der Waals surface area contributed by atoms with Crippen molar-refractivity contribution in [3.8, 4) is 0 Å². The molecule has 4 aromatic rings. The van der Waals surface area contributed by atoms with Crippen molar-refractivity contribution in [3.63, 3.8) is 0 Å². The van der Waals surface area contributed by atoms with Gasteiger partial charge in [0.25, 0.3) is 0 Å². The third-order valence-electron chi connectivity index (χ3n) is 8.74. The molecule has 3 nitrogen and oxygen atoms in total. The average Bonchev–Trinajstić information content (AvgIpc) is 3.86. The SMILES string of the molecule is C[C]1[C](C)[C](P(c2ccccc2)c2ccccc2)[C](P(c2ccccc2)c2ccccc2)[C]1C.O=S(=O)([O-])C(F)(F)F.[CH]1[CH]CC[CH][CH]CC1.[CH]1[CH][CH][CH][CH]1.[Cl][Ti][Cl].[Rh]. The van der Waals surface area contributed by atoms with Crippen molar-refractivity contribution in [3.05, 3.63) is 208 Å². The first-order valence-electron chi connectivity index (χ1n) is 18.3. The van der Waals surface area contributed by atoms with E-state index in [-0.39, 0.29) is 19.5 Å². The summed E-state index contributed by atoms with van der Waals surface area (Å²) in [5.41, 5.74) is -2.56. The molecule has 7 rings (SSSR count). The first kappa shape index (κ1) is 54.5. The van der Waals surface area contributed by atoms with E-state index in [1.165, 1.54) is 64.7 Å². The van der Waals surface area contributed by atoms with Crippen molar-refractivity contribution >= 4 is 65.8 Å². The van der Waals surface area contributed by atoms with Crippen LogP contribution >= 0.6 is 34.5 Å². The summed E-state index contributed by atoms with van der Waals surface area (Å²) in [4.78, 5) is 0. The summed E-state index contributed by atoms with van der Waals surface area (Å²) >= 11 is -0.556. The van der Waals surface area contributed by atoms with Crippen LogP contribution in [0.1, 0.15) is 46.5 Å². The van der Waals surface area contributed by atoms with Crippen LogP contribution in [0.25, 0.3) is 0 Å². The van der Waals surface area contributed by atoms with Gasteiger partial charge in [-0.3, -0.25) is 0 Å². The molecule has 313 valence electrons. The van der Waals surface area contributed by atoms with Crippen LogP contribution < -0.4 is 21.2 Å². The smallest absolute Gasteiger partial charge is 0 e. The first-order valence-corrected chi connectivity index (χ1v) is 26.7. The van der Waals surface area contributed by atoms with Crippen LogP contribution in [0.5, 0.6) is 0 Å². The van der Waals surface area contributed by atoms with E-state index in [9.17, 15) is 13.2 Å². The normalized spacial score (nSPS) is 17.0. The van der Waals surface area contributed by atoms with Gasteiger partial charge in [-0.15, -0.1) is 0 Å². The van der Waals surface area contributed by atoms with Gasteiger partial charge in [0, 0.05) is 30.8 Å². The van der Waals surface area contributed by atoms with E-state index in [1.54, 1.807) is 11.3 Å². The molecule has 3 saturated carbocycles. The molecule has 0 aliphatic heterocycles. The molecule has 0 bridgehead atoms. The third kappa shape index (κ3) is 18.5. The van der Waals surface area contributed by atoms with E-state index in [4.69, 9.17) is 31.6 Å². The van der Waals surface area contributed by atoms with E-state index in [2.05, 4.69) is 168 Å². The summed E-state index contributed by atoms with van der Waals surface area (Å²) in [7, 11) is 2.33. The number of halogens is 5. The van der Waals surface area contributed by atoms with Crippen LogP contribution in [0.3, 0.4) is 0 Å². The van der Waals surface area contributed by atoms with Gasteiger partial charge in [-0.2, -0.15) is 13.2 Å². The second-order valence-corrected chi connectivity index (χ2v) is 20.9. The van der Waals surface area contributed by atoms with Crippen LogP contribution in [-0.4, -0.2) is 18.5 Å². The van der Waals surface area contributed by atoms with E-state index in [0.717, 1.165) is 0 Å². The van der Waals surface area contributed by atoms with Gasteiger partial charge in [0.2, 0.25) is 0 Å². The molecule has 0 N–H and O–H groups in total. The molecular weight excluding hydrogens is 973 g/mol. The topological polar surface area (TPSA) is 57.2 Å². The Labute approximate surface area is 385 Å². The largest absolute Gasteiger partial charge is 0 e. The Hall–Kier alpha value is -0.642. The van der Waals surface area contributed by atoms with Crippen LogP contribution in [0.2, 0.25) is 0 Å². The zero-order valence-electron chi connectivity index (χ0n) is 32.8. The monoisotopic (exact) mass is 1020 g/mol. The minimum Gasteiger partial charge on any atom is 0 e. The van der Waals surface area contributed by atoms with Crippen LogP contribution in [-0.2, 0) is 46.6 Å². The Morgan fingerprint density at radius 2 is 0.712 bits per heavy atom. The number of benzene rings is 4. The van der Waals surface area contributed by atoms with E-state index < -0.39 is 48.5 Å². The van der Waals surface area contributed by atoms with E-state index in [0.29, 0.717) is 0 Å². The number of hydrogen-bond donors (Lipinski definition) is 0. The Morgan fingerprint density at radius 1 is 0.508 bits per heavy atom. The fourth-order valence-electron chi connectivity index (χ4n) is 5.84. The number of alkyl halides is 3. The Bertz CT molecular complexity index is 1560. The van der Waals surface area contributed by atoms with Crippen molar-refractivity contribution in [1.29, 1.82) is 0 Å². The number of rotatable bonds is 6. The molecule has 15 radical (unpaired) electrons. The molecule has 0 amide bonds. The quantitative estimate of drug-likeness (QED) is 0.0837. The van der Waals surface area contributed by atoms with Gasteiger partial charge in [0.15, 0.2) is 10.1 Å². The van der Waals surface area contributed by atoms with Crippen LogP contribution in [0.15, 0.2) is 121 Å². The zero-order valence-corrected chi connectivity index (χ0v) is 40.1. The van der Waals surface area contributed by atoms with Crippen molar-refractivity contribution < 1.29 is 62.7 Å². The van der Waals surface area contributed by atoms with Crippen molar-refractivity contribution in [2.24, 2.45) is 0 Å². The first-order chi connectivity index (χ1) is 27.8. The molecule has 0 aromatic heterocycles. The Kier molecular flexibility index (Phi) is 27.4. The van der Waals surface area contributed by atoms with Crippen LogP contribution in [0.4, 0.5) is 13.2 Å². The molecular formula is C46H46Cl2F3O3P2RhSTi-. The van der Waals surface area contributed by atoms with E-state index >= 15 is 0 Å². The molecule has 4 aromatic carbocycles. The van der Waals surface area contributed by atoms with Gasteiger partial charge in [0.05, 0.1) is 0 Å². The Morgan fingerprint density at radius 3 is 0.898 bits per heavy atom. The molecule has 0 atom stereocenters. The molecule has 3 aliphatic carbocycles. The summed E-state index contributed by atoms with van der Waals surface area (Å²) < 4.78 is 58.9. The number of hydrogen-bond acceptors (Lipinski definition) is 3. The summed E-state index contributed by atoms with van der Waals surface area (Å²) in [6.45, 7) is 6.99. The maximum Gasteiger partial charge on any atom is 0 e. The van der Waals surface area contributed by atoms with Gasteiger partial charge < -0.3 is 4.55 Å². The molecule has 0 saturated heterocycles. The molecule has 3 fully saturated rings. The second-order valence-electron chi connectivity index (χ2n) is 12.6. The molecule has 0 spiro atoms. The van der Waals surface area contributed by atoms with Crippen molar-refractivity contribution in [1.82, 2.24) is 0 Å². The second kappa shape index (κ2) is 29.7. The maximum absolute atomic E-state index is 10.7. The minimum atomic E-state index is -6.09. The maximum atomic E-state index is 10.7. The average molecular weight is 1020 g/mol. The van der Waals surface area contributed by atoms with Gasteiger partial charge in [-0.1, -0.05) is 142 Å². The van der Waals surface area contributed by atoms with Crippen molar-refractivity contribution in [2.75, 3.05) is 0 Å². The molecule has 3 aliphatic rings. The summed E-state index contributed by atoms with van der Waals surface area (Å²) in [5.74, 6) is 4.33. The molecule has 13 heteroatoms. The predicted molar refractivity (Wildman–Crippen MR) is 236 cm³/mol. The predicted octanol–water partition coefficient (Wildman–Crippen LogP) is 11.9. The standard InChI is InChI=1S/C32H29P2.C8H12.C5H5.CHF3O3S.2ClH.Rh.Ti/c1-24-25(2)31(33(27-16-8-4-9-17-27)28-18-10-5-11-19-28)32(26(24)3)34(29-20-12-6-13-21-29)30-22-14-7-15-23-30;1-2-4-6-8-7-5-3-1;1-2-4-5-3-1;2-1(3,4)8(5,6)7;;;;/h4-23H,1-3H3;1-2,7-8H,3-6H2;1-5H;(H,5,6,7);2*1H;;/q;;;;;;;+2/p-3. The molecule has 59 heavy (non-hydrogen) atoms. The third-order valence-corrected chi connectivity index (χ3v) is 14.8. The fraction of sp³-hybridized carbons (Fsp3) is 0.174. The molecule has 0 unspecified atom stereocenters. The van der Waals surface area contributed by atoms with Gasteiger partial charge in [-0.05, 0) is 138 Å². The van der Waals surface area contributed by atoms with Crippen LogP contribution in [0, 0.1) is 86.9 Å². The summed E-state index contributed by atoms with van der Waals surface area (Å²) in [6.07, 6.45) is 24.0. The van der Waals surface area contributed by atoms with Gasteiger partial charge in [-0.25, -0.2) is 8.42 Å². The van der Waals surface area contributed by atoms with Gasteiger partial charge in [0.1, 0.15) is 0 Å². The minimum absolute atomic E-state index is 0.